The third kappa shape index (κ3) is 2.74. The lowest BCUT2D eigenvalue weighted by atomic mass is 9.45. The van der Waals surface area contributed by atoms with Crippen LogP contribution in [0, 0.1) is 40.4 Å². The highest BCUT2D eigenvalue weighted by Gasteiger charge is 2.61. The summed E-state index contributed by atoms with van der Waals surface area (Å²) >= 11 is 0. The largest absolute Gasteiger partial charge is 0.454 e. The maximum absolute atomic E-state index is 12.6. The van der Waals surface area contributed by atoms with Gasteiger partial charge >= 0.3 is 5.97 Å². The molecule has 154 valence electrons. The van der Waals surface area contributed by atoms with Gasteiger partial charge in [0.15, 0.2) is 11.9 Å². The zero-order valence-corrected chi connectivity index (χ0v) is 17.9. The molecule has 0 bridgehead atoms. The molecule has 0 aromatic heterocycles. The molecule has 3 saturated carbocycles. The first-order chi connectivity index (χ1) is 13.1. The summed E-state index contributed by atoms with van der Waals surface area (Å²) in [5, 5.41) is 0. The molecular weight excluding hydrogens is 352 g/mol. The first-order valence-corrected chi connectivity index (χ1v) is 11.0. The molecule has 0 amide bonds. The van der Waals surface area contributed by atoms with Crippen LogP contribution in [0.15, 0.2) is 11.6 Å². The Kier molecular flexibility index (Phi) is 4.63. The normalized spacial score (nSPS) is 47.5. The van der Waals surface area contributed by atoms with Crippen molar-refractivity contribution in [3.8, 4) is 0 Å². The molecule has 1 unspecified atom stereocenters. The number of hydrogen-bond acceptors (Lipinski definition) is 4. The molecule has 0 saturated heterocycles. The lowest BCUT2D eigenvalue weighted by Gasteiger charge is -2.60. The van der Waals surface area contributed by atoms with E-state index in [0.29, 0.717) is 35.9 Å². The fourth-order valence-electron chi connectivity index (χ4n) is 8.00. The van der Waals surface area contributed by atoms with Gasteiger partial charge in [-0.3, -0.25) is 14.4 Å². The molecule has 4 nitrogen and oxygen atoms in total. The van der Waals surface area contributed by atoms with Crippen molar-refractivity contribution in [2.45, 2.75) is 79.2 Å². The molecule has 0 N–H and O–H groups in total. The van der Waals surface area contributed by atoms with E-state index in [4.69, 9.17) is 4.74 Å². The van der Waals surface area contributed by atoms with Gasteiger partial charge in [-0.1, -0.05) is 26.3 Å². The maximum atomic E-state index is 12.6. The number of esters is 1. The Balaban J connectivity index is 1.69. The van der Waals surface area contributed by atoms with Gasteiger partial charge in [0.1, 0.15) is 5.78 Å². The van der Waals surface area contributed by atoms with Crippen molar-refractivity contribution >= 4 is 17.5 Å². The van der Waals surface area contributed by atoms with E-state index < -0.39 is 6.10 Å². The molecule has 4 rings (SSSR count). The molecule has 8 atom stereocenters. The van der Waals surface area contributed by atoms with Crippen molar-refractivity contribution < 1.29 is 19.1 Å². The first-order valence-electron chi connectivity index (χ1n) is 11.0. The minimum absolute atomic E-state index is 0.0499. The third-order valence-corrected chi connectivity index (χ3v) is 9.10. The first kappa shape index (κ1) is 19.8. The van der Waals surface area contributed by atoms with Gasteiger partial charge in [-0.15, -0.1) is 0 Å². The minimum Gasteiger partial charge on any atom is -0.454 e. The molecule has 4 aliphatic rings. The summed E-state index contributed by atoms with van der Waals surface area (Å²) in [6.45, 7) is 10.1. The SMILES string of the molecule is CC(=O)OC1C[C@@]2(C)C(=CC1=O)[C@@H](C)C[C@H]1[C@@H]3CC[C@H](C(C)=O)[C@@]3(C)CC[C@@H]12. The smallest absolute Gasteiger partial charge is 0.303 e. The van der Waals surface area contributed by atoms with Gasteiger partial charge in [-0.2, -0.15) is 0 Å². The summed E-state index contributed by atoms with van der Waals surface area (Å²) in [7, 11) is 0. The molecule has 0 heterocycles. The van der Waals surface area contributed by atoms with Crippen LogP contribution in [-0.4, -0.2) is 23.6 Å². The number of allylic oxidation sites excluding steroid dienone is 1. The van der Waals surface area contributed by atoms with Crippen LogP contribution < -0.4 is 0 Å². The van der Waals surface area contributed by atoms with Crippen molar-refractivity contribution in [1.29, 1.82) is 0 Å². The molecule has 0 aromatic rings. The summed E-state index contributed by atoms with van der Waals surface area (Å²) in [6.07, 6.45) is 7.26. The summed E-state index contributed by atoms with van der Waals surface area (Å²) < 4.78 is 5.41. The van der Waals surface area contributed by atoms with Crippen LogP contribution in [0.2, 0.25) is 0 Å². The topological polar surface area (TPSA) is 60.4 Å². The van der Waals surface area contributed by atoms with E-state index in [2.05, 4.69) is 20.8 Å². The quantitative estimate of drug-likeness (QED) is 0.655. The van der Waals surface area contributed by atoms with Gasteiger partial charge in [0, 0.05) is 19.3 Å². The number of ether oxygens (including phenoxy) is 1. The van der Waals surface area contributed by atoms with Crippen LogP contribution in [0.25, 0.3) is 0 Å². The van der Waals surface area contributed by atoms with Crippen molar-refractivity contribution in [3.05, 3.63) is 11.6 Å². The van der Waals surface area contributed by atoms with Gasteiger partial charge < -0.3 is 4.74 Å². The summed E-state index contributed by atoms with van der Waals surface area (Å²) in [5.74, 6) is 2.19. The van der Waals surface area contributed by atoms with Gasteiger partial charge in [-0.05, 0) is 79.6 Å². The standard InChI is InChI=1S/C24H34O4/c1-13-10-16-18-7-6-17(14(2)25)23(18,4)9-8-19(16)24(5)12-22(28-15(3)26)21(27)11-20(13)24/h11,13,16-19,22H,6-10,12H2,1-5H3/t13-,16-,17+,18-,19-,22?,23+,24+/m0/s1. The predicted octanol–water partition coefficient (Wildman–Crippen LogP) is 4.51. The van der Waals surface area contributed by atoms with Crippen LogP contribution in [0.4, 0.5) is 0 Å². The lowest BCUT2D eigenvalue weighted by Crippen LogP contribution is -2.54. The van der Waals surface area contributed by atoms with Gasteiger partial charge in [-0.25, -0.2) is 0 Å². The van der Waals surface area contributed by atoms with Gasteiger partial charge in [0.05, 0.1) is 0 Å². The second kappa shape index (κ2) is 6.53. The van der Waals surface area contributed by atoms with Crippen molar-refractivity contribution in [3.63, 3.8) is 0 Å². The molecule has 0 aromatic carbocycles. The van der Waals surface area contributed by atoms with Crippen molar-refractivity contribution in [2.24, 2.45) is 40.4 Å². The van der Waals surface area contributed by atoms with Crippen LogP contribution in [0.3, 0.4) is 0 Å². The van der Waals surface area contributed by atoms with Crippen LogP contribution >= 0.6 is 0 Å². The number of ketones is 2. The zero-order valence-electron chi connectivity index (χ0n) is 17.9. The average molecular weight is 387 g/mol. The Bertz CT molecular complexity index is 752. The summed E-state index contributed by atoms with van der Waals surface area (Å²) in [4.78, 5) is 36.4. The number of hydrogen-bond donors (Lipinski definition) is 0. The number of carbonyl (C=O) groups excluding carboxylic acids is 3. The van der Waals surface area contributed by atoms with Gasteiger partial charge in [0.2, 0.25) is 0 Å². The summed E-state index contributed by atoms with van der Waals surface area (Å²) in [6, 6.07) is 0. The predicted molar refractivity (Wildman–Crippen MR) is 106 cm³/mol. The zero-order chi connectivity index (χ0) is 20.4. The molecule has 28 heavy (non-hydrogen) atoms. The van der Waals surface area contributed by atoms with E-state index in [9.17, 15) is 14.4 Å². The Morgan fingerprint density at radius 2 is 1.82 bits per heavy atom. The van der Waals surface area contributed by atoms with Crippen LogP contribution in [0.1, 0.15) is 73.1 Å². The monoisotopic (exact) mass is 386 g/mol. The van der Waals surface area contributed by atoms with E-state index in [-0.39, 0.29) is 28.5 Å². The molecule has 0 spiro atoms. The Labute approximate surface area is 168 Å². The Morgan fingerprint density at radius 3 is 2.46 bits per heavy atom. The maximum Gasteiger partial charge on any atom is 0.303 e. The molecule has 4 aliphatic carbocycles. The fraction of sp³-hybridized carbons (Fsp3) is 0.792. The van der Waals surface area contributed by atoms with Gasteiger partial charge in [0.25, 0.3) is 0 Å². The second-order valence-corrected chi connectivity index (χ2v) is 10.5. The van der Waals surface area contributed by atoms with E-state index in [1.807, 2.05) is 0 Å². The second-order valence-electron chi connectivity index (χ2n) is 10.5. The average Bonchev–Trinajstić information content (AvgIpc) is 2.94. The highest BCUT2D eigenvalue weighted by atomic mass is 16.5. The summed E-state index contributed by atoms with van der Waals surface area (Å²) in [5.41, 5.74) is 1.31. The van der Waals surface area contributed by atoms with E-state index in [1.165, 1.54) is 12.5 Å². The minimum atomic E-state index is -0.640. The Morgan fingerprint density at radius 1 is 1.11 bits per heavy atom. The van der Waals surface area contributed by atoms with Crippen molar-refractivity contribution in [2.75, 3.05) is 0 Å². The molecule has 0 radical (unpaired) electrons. The van der Waals surface area contributed by atoms with E-state index >= 15 is 0 Å². The molecule has 3 fully saturated rings. The van der Waals surface area contributed by atoms with E-state index in [1.54, 1.807) is 13.0 Å². The Hall–Kier alpha value is -1.45. The number of Topliss-reactive ketones (excluding diaryl/α,β-unsaturated/α-hetero) is 1. The fourth-order valence-corrected chi connectivity index (χ4v) is 8.00. The van der Waals surface area contributed by atoms with E-state index in [0.717, 1.165) is 32.1 Å². The number of rotatable bonds is 2. The highest BCUT2D eigenvalue weighted by molar-refractivity contribution is 5.96. The lowest BCUT2D eigenvalue weighted by molar-refractivity contribution is -0.156. The van der Waals surface area contributed by atoms with Crippen LogP contribution in [-0.2, 0) is 19.1 Å². The molecule has 0 aliphatic heterocycles. The van der Waals surface area contributed by atoms with Crippen LogP contribution in [0.5, 0.6) is 0 Å². The third-order valence-electron chi connectivity index (χ3n) is 9.10. The molecule has 4 heteroatoms. The molecular formula is C24H34O4. The number of fused-ring (bicyclic) bond motifs is 5. The number of carbonyl (C=O) groups is 3. The highest BCUT2D eigenvalue weighted by Crippen LogP contribution is 2.67. The van der Waals surface area contributed by atoms with Crippen molar-refractivity contribution in [1.82, 2.24) is 0 Å².